The van der Waals surface area contributed by atoms with Crippen molar-refractivity contribution >= 4 is 105 Å². The molecule has 3 heterocycles. The smallest absolute Gasteiger partial charge is 0.219 e. The molecule has 3 saturated heterocycles. The van der Waals surface area contributed by atoms with E-state index >= 15 is 0 Å². The van der Waals surface area contributed by atoms with Crippen molar-refractivity contribution in [1.29, 1.82) is 0 Å². The average molecular weight is 1040 g/mol. The van der Waals surface area contributed by atoms with Crippen molar-refractivity contribution in [2.45, 2.75) is 42.0 Å². The third-order valence-corrected chi connectivity index (χ3v) is 13.5. The fourth-order valence-corrected chi connectivity index (χ4v) is 8.70. The summed E-state index contributed by atoms with van der Waals surface area (Å²) in [7, 11) is 0. The first kappa shape index (κ1) is 54.9. The second-order valence-corrected chi connectivity index (χ2v) is 17.7. The van der Waals surface area contributed by atoms with Crippen molar-refractivity contribution in [2.24, 2.45) is 0 Å². The monoisotopic (exact) mass is 1030 g/mol. The van der Waals surface area contributed by atoms with Crippen LogP contribution >= 0.6 is 69.6 Å². The molecule has 18 heteroatoms. The van der Waals surface area contributed by atoms with Crippen LogP contribution in [-0.2, 0) is 14.4 Å². The van der Waals surface area contributed by atoms with Gasteiger partial charge in [-0.1, -0.05) is 102 Å². The number of benzene rings is 3. The summed E-state index contributed by atoms with van der Waals surface area (Å²) in [5.41, 5.74) is 3.06. The summed E-state index contributed by atoms with van der Waals surface area (Å²) in [5.74, 6) is 0.168. The Labute approximate surface area is 428 Å². The number of nitrogens with zero attached hydrogens (tertiary/aromatic N) is 7. The second kappa shape index (κ2) is 32.1. The molecular formula is C47H79Cl6N9O3. The predicted octanol–water partition coefficient (Wildman–Crippen LogP) is 9.79. The number of carbonyl (C=O) groups excluding carboxylic acids is 3. The molecule has 0 aliphatic carbocycles. The van der Waals surface area contributed by atoms with Crippen molar-refractivity contribution in [3.05, 3.63) is 84.7 Å². The highest BCUT2D eigenvalue weighted by molar-refractivity contribution is 6.44. The van der Waals surface area contributed by atoms with Crippen molar-refractivity contribution in [3.8, 4) is 0 Å². The zero-order valence-electron chi connectivity index (χ0n) is 42.0. The molecule has 3 aromatic rings. The standard InChI is InChI=1S/C16H23Cl2N3O.C14H19Cl2N3O.C14H21Cl2N3.C2H4O.CH4.4H2/c1-3-20(13(2)22)10-7-19-8-11-21(12-9-19)15-6-4-5-14(17)16(15)18;1-11(20)17-5-6-18-7-9-19(10-8-18)13-4-2-3-12(15)14(13)16;1-2-17-6-7-18-8-10-19(11-9-18)13-5-3-4-12(15)14(13)16;1-2-3;;;;;/h4-6H,3,7-12H2,1-2H3;2-4H,5-10H2,1H3,(H,17,20);3-5,17H,2,6-11H2,1H3;2H,1H3;1H4;4*1H/i;;;;;2*1+1D;2*1+1. The highest BCUT2D eigenvalue weighted by Crippen LogP contribution is 2.35. The fraction of sp³-hybridized carbons (Fsp3) is 0.553. The number of likely N-dealkylation sites (N-methyl/N-ethyl adjacent to an activating group) is 2. The van der Waals surface area contributed by atoms with Crippen molar-refractivity contribution in [3.63, 3.8) is 0 Å². The number of carbonyl (C=O) groups is 3. The van der Waals surface area contributed by atoms with E-state index in [9.17, 15) is 9.59 Å². The van der Waals surface area contributed by atoms with Crippen LogP contribution in [-0.4, -0.2) is 169 Å². The lowest BCUT2D eigenvalue weighted by Gasteiger charge is -2.37. The number of hydrogen-bond donors (Lipinski definition) is 2. The number of nitrogens with one attached hydrogen (secondary N) is 2. The van der Waals surface area contributed by atoms with Gasteiger partial charge in [0, 0.05) is 147 Å². The summed E-state index contributed by atoms with van der Waals surface area (Å²) in [6.07, 6.45) is 0.750. The maximum Gasteiger partial charge on any atom is 0.219 e. The van der Waals surface area contributed by atoms with Crippen LogP contribution in [0.2, 0.25) is 30.1 Å². The molecule has 0 bridgehead atoms. The maximum absolute atomic E-state index is 11.4. The Morgan fingerprint density at radius 2 is 0.954 bits per heavy atom. The molecule has 3 aromatic carbocycles. The summed E-state index contributed by atoms with van der Waals surface area (Å²) in [4.78, 5) is 47.0. The van der Waals surface area contributed by atoms with Gasteiger partial charge in [0.05, 0.1) is 47.2 Å². The largest absolute Gasteiger partial charge is 0.368 e. The van der Waals surface area contributed by atoms with Gasteiger partial charge in [0.15, 0.2) is 0 Å². The minimum Gasteiger partial charge on any atom is -0.368 e. The molecule has 3 fully saturated rings. The summed E-state index contributed by atoms with van der Waals surface area (Å²) < 4.78 is 20.0. The van der Waals surface area contributed by atoms with Crippen LogP contribution in [0.15, 0.2) is 54.6 Å². The minimum atomic E-state index is 0. The van der Waals surface area contributed by atoms with E-state index in [0.29, 0.717) is 36.7 Å². The van der Waals surface area contributed by atoms with Gasteiger partial charge < -0.3 is 35.0 Å². The van der Waals surface area contributed by atoms with E-state index in [1.807, 2.05) is 60.4 Å². The first-order valence-electron chi connectivity index (χ1n) is 24.1. The van der Waals surface area contributed by atoms with E-state index in [1.165, 1.54) is 6.92 Å². The van der Waals surface area contributed by atoms with Gasteiger partial charge in [-0.15, -0.1) is 0 Å². The average Bonchev–Trinajstić information content (AvgIpc) is 3.34. The minimum absolute atomic E-state index is 0. The molecule has 65 heavy (non-hydrogen) atoms. The highest BCUT2D eigenvalue weighted by atomic mass is 35.5. The first-order valence-corrected chi connectivity index (χ1v) is 24.4. The molecule has 0 atom stereocenters. The zero-order valence-corrected chi connectivity index (χ0v) is 42.6. The molecule has 0 saturated carbocycles. The Kier molecular flexibility index (Phi) is 27.1. The Hall–Kier alpha value is -2.75. The van der Waals surface area contributed by atoms with Gasteiger partial charge in [-0.05, 0) is 56.8 Å². The number of aldehydes is 1. The molecule has 6 rings (SSSR count). The van der Waals surface area contributed by atoms with Crippen molar-refractivity contribution in [2.75, 3.05) is 146 Å². The normalized spacial score (nSPS) is 15.8. The predicted molar refractivity (Wildman–Crippen MR) is 287 cm³/mol. The molecule has 0 radical (unpaired) electrons. The van der Waals surface area contributed by atoms with Crippen LogP contribution in [0.5, 0.6) is 0 Å². The van der Waals surface area contributed by atoms with Crippen molar-refractivity contribution < 1.29 is 23.2 Å². The van der Waals surface area contributed by atoms with Gasteiger partial charge >= 0.3 is 0 Å². The van der Waals surface area contributed by atoms with Gasteiger partial charge in [-0.3, -0.25) is 24.3 Å². The van der Waals surface area contributed by atoms with E-state index in [4.69, 9.17) is 80.3 Å². The summed E-state index contributed by atoms with van der Waals surface area (Å²) in [5, 5.41) is 9.94. The molecule has 2 amide bonds. The molecule has 2 N–H and O–H groups in total. The summed E-state index contributed by atoms with van der Waals surface area (Å²) in [6.45, 7) is 27.8. The Morgan fingerprint density at radius 3 is 1.26 bits per heavy atom. The molecule has 12 nitrogen and oxygen atoms in total. The van der Waals surface area contributed by atoms with E-state index in [1.54, 1.807) is 19.9 Å². The van der Waals surface area contributed by atoms with Crippen LogP contribution in [0.3, 0.4) is 0 Å². The first-order chi connectivity index (χ1) is 32.7. The number of piperazine rings is 3. The number of hydrogen-bond acceptors (Lipinski definition) is 10. The second-order valence-electron chi connectivity index (χ2n) is 15.4. The van der Waals surface area contributed by atoms with E-state index in [-0.39, 0.29) is 22.1 Å². The topological polar surface area (TPSA) is 98.0 Å². The molecule has 0 aromatic heterocycles. The van der Waals surface area contributed by atoms with Crippen molar-refractivity contribution in [1.82, 2.24) is 30.2 Å². The van der Waals surface area contributed by atoms with Gasteiger partial charge in [0.1, 0.15) is 6.29 Å². The van der Waals surface area contributed by atoms with Gasteiger partial charge in [-0.2, -0.15) is 0 Å². The van der Waals surface area contributed by atoms with Gasteiger partial charge in [-0.25, -0.2) is 0 Å². The molecule has 372 valence electrons. The van der Waals surface area contributed by atoms with E-state index in [2.05, 4.69) is 47.0 Å². The Balaban J connectivity index is -0.000000900. The number of anilines is 3. The molecule has 0 unspecified atom stereocenters. The Morgan fingerprint density at radius 1 is 0.615 bits per heavy atom. The molecule has 3 aliphatic heterocycles. The maximum atomic E-state index is 11.4. The number of rotatable bonds is 14. The SMILES string of the molecule is C.CC(=O)NCCN1CCN(c2cccc(Cl)c2Cl)CC1.CC=O.CCN(CCN1CCN(c2cccc(Cl)c2Cl)CC1)C(C)=O.CCNCCN1CCN(c2cccc(Cl)c2Cl)CC1.[2HH].[2HH].[2H][2H].[2H][2H]. The molecular weight excluding hydrogens is 951 g/mol. The lowest BCUT2D eigenvalue weighted by Crippen LogP contribution is -2.49. The molecule has 3 aliphatic rings. The zero-order chi connectivity index (χ0) is 51.0. The van der Waals surface area contributed by atoms with Crippen LogP contribution < -0.4 is 25.3 Å². The quantitative estimate of drug-likeness (QED) is 0.120. The van der Waals surface area contributed by atoms with Crippen LogP contribution in [0.25, 0.3) is 0 Å². The fourth-order valence-electron chi connectivity index (χ4n) is 7.45. The third-order valence-electron chi connectivity index (χ3n) is 11.1. The summed E-state index contributed by atoms with van der Waals surface area (Å²) in [6, 6.07) is 17.3. The van der Waals surface area contributed by atoms with Crippen LogP contribution in [0.4, 0.5) is 17.1 Å². The summed E-state index contributed by atoms with van der Waals surface area (Å²) >= 11 is 37.0. The Bertz CT molecular complexity index is 1890. The number of halogens is 6. The van der Waals surface area contributed by atoms with E-state index < -0.39 is 0 Å². The lowest BCUT2D eigenvalue weighted by atomic mass is 10.2. The number of amides is 2. The highest BCUT2D eigenvalue weighted by Gasteiger charge is 2.22. The third kappa shape index (κ3) is 20.2. The lowest BCUT2D eigenvalue weighted by molar-refractivity contribution is -0.128. The van der Waals surface area contributed by atoms with Crippen LogP contribution in [0.1, 0.15) is 50.8 Å². The van der Waals surface area contributed by atoms with E-state index in [0.717, 1.165) is 148 Å². The molecule has 0 spiro atoms. The van der Waals surface area contributed by atoms with Crippen LogP contribution in [0, 0.1) is 0 Å². The van der Waals surface area contributed by atoms with Gasteiger partial charge in [0.25, 0.3) is 0 Å². The van der Waals surface area contributed by atoms with Gasteiger partial charge in [0.2, 0.25) is 11.8 Å².